The molecule has 0 unspecified atom stereocenters. The molecule has 0 spiro atoms. The van der Waals surface area contributed by atoms with E-state index >= 15 is 0 Å². The summed E-state index contributed by atoms with van der Waals surface area (Å²) in [4.78, 5) is 22.9. The van der Waals surface area contributed by atoms with Crippen molar-refractivity contribution in [3.8, 4) is 11.6 Å². The van der Waals surface area contributed by atoms with Crippen LogP contribution in [-0.2, 0) is 17.6 Å². The number of aromatic nitrogens is 2. The third-order valence-corrected chi connectivity index (χ3v) is 4.95. The summed E-state index contributed by atoms with van der Waals surface area (Å²) in [6, 6.07) is 19.3. The minimum absolute atomic E-state index is 0.0683. The molecule has 5 nitrogen and oxygen atoms in total. The van der Waals surface area contributed by atoms with E-state index in [9.17, 15) is 9.18 Å². The van der Waals surface area contributed by atoms with Gasteiger partial charge in [-0.15, -0.1) is 0 Å². The van der Waals surface area contributed by atoms with E-state index in [1.165, 1.54) is 18.5 Å². The molecule has 4 rings (SSSR count). The van der Waals surface area contributed by atoms with E-state index in [0.717, 1.165) is 27.7 Å². The molecule has 6 heteroatoms. The van der Waals surface area contributed by atoms with Gasteiger partial charge in [0.05, 0.1) is 10.9 Å². The average Bonchev–Trinajstić information content (AvgIpc) is 2.76. The fourth-order valence-electron chi connectivity index (χ4n) is 3.29. The second kappa shape index (κ2) is 8.92. The summed E-state index contributed by atoms with van der Waals surface area (Å²) in [5.41, 5.74) is 3.55. The third-order valence-electron chi connectivity index (χ3n) is 4.95. The topological polar surface area (TPSA) is 55.3 Å². The van der Waals surface area contributed by atoms with Gasteiger partial charge < -0.3 is 9.64 Å². The largest absolute Gasteiger partial charge is 0.438 e. The predicted molar refractivity (Wildman–Crippen MR) is 119 cm³/mol. The molecule has 3 aromatic carbocycles. The number of anilines is 1. The number of carbonyl (C=O) groups is 1. The number of ketones is 1. The Labute approximate surface area is 180 Å². The van der Waals surface area contributed by atoms with Gasteiger partial charge in [-0.2, -0.15) is 0 Å². The second-order valence-electron chi connectivity index (χ2n) is 7.54. The van der Waals surface area contributed by atoms with Gasteiger partial charge in [-0.3, -0.25) is 4.79 Å². The van der Waals surface area contributed by atoms with Crippen LogP contribution in [0.2, 0.25) is 0 Å². The molecular formula is C25H22FN3O2. The van der Waals surface area contributed by atoms with Gasteiger partial charge in [0.1, 0.15) is 23.7 Å². The van der Waals surface area contributed by atoms with Gasteiger partial charge in [-0.1, -0.05) is 24.3 Å². The van der Waals surface area contributed by atoms with Crippen molar-refractivity contribution in [1.29, 1.82) is 0 Å². The summed E-state index contributed by atoms with van der Waals surface area (Å²) in [5, 5.41) is 0.826. The first-order chi connectivity index (χ1) is 15.0. The Morgan fingerprint density at radius 3 is 2.19 bits per heavy atom. The lowest BCUT2D eigenvalue weighted by molar-refractivity contribution is -0.117. The van der Waals surface area contributed by atoms with Crippen molar-refractivity contribution in [2.24, 2.45) is 0 Å². The zero-order valence-corrected chi connectivity index (χ0v) is 17.4. The number of fused-ring (bicyclic) bond motifs is 1. The summed E-state index contributed by atoms with van der Waals surface area (Å²) in [6.07, 6.45) is 2.07. The Kier molecular flexibility index (Phi) is 5.89. The highest BCUT2D eigenvalue weighted by Gasteiger charge is 2.09. The molecule has 0 aliphatic carbocycles. The van der Waals surface area contributed by atoms with E-state index in [2.05, 4.69) is 9.97 Å². The highest BCUT2D eigenvalue weighted by molar-refractivity contribution is 5.86. The molecule has 0 saturated heterocycles. The van der Waals surface area contributed by atoms with Crippen LogP contribution in [-0.4, -0.2) is 29.8 Å². The Balaban J connectivity index is 1.44. The van der Waals surface area contributed by atoms with Gasteiger partial charge in [0.2, 0.25) is 5.88 Å². The Bertz CT molecular complexity index is 1210. The van der Waals surface area contributed by atoms with Crippen LogP contribution >= 0.6 is 0 Å². The molecule has 0 amide bonds. The SMILES string of the molecule is CN(C)c1ccc2c(Oc3ccc(CC(=O)Cc4ccc(F)cc4)cc3)ncnc2c1. The fourth-order valence-corrected chi connectivity index (χ4v) is 3.29. The van der Waals surface area contributed by atoms with Crippen LogP contribution < -0.4 is 9.64 Å². The van der Waals surface area contributed by atoms with Gasteiger partial charge in [0.25, 0.3) is 0 Å². The molecule has 0 aliphatic rings. The first kappa shape index (κ1) is 20.5. The van der Waals surface area contributed by atoms with Crippen molar-refractivity contribution in [2.45, 2.75) is 12.8 Å². The lowest BCUT2D eigenvalue weighted by Gasteiger charge is -2.13. The number of nitrogens with zero attached hydrogens (tertiary/aromatic N) is 3. The molecule has 0 aliphatic heterocycles. The maximum Gasteiger partial charge on any atom is 0.230 e. The molecular weight excluding hydrogens is 393 g/mol. The van der Waals surface area contributed by atoms with Gasteiger partial charge >= 0.3 is 0 Å². The number of carbonyl (C=O) groups excluding carboxylic acids is 1. The third kappa shape index (κ3) is 5.04. The first-order valence-corrected chi connectivity index (χ1v) is 9.93. The van der Waals surface area contributed by atoms with Crippen molar-refractivity contribution in [3.63, 3.8) is 0 Å². The summed E-state index contributed by atoms with van der Waals surface area (Å²) in [6.45, 7) is 0. The molecule has 0 atom stereocenters. The number of benzene rings is 3. The first-order valence-electron chi connectivity index (χ1n) is 9.93. The van der Waals surface area contributed by atoms with Crippen LogP contribution in [0.15, 0.2) is 73.1 Å². The second-order valence-corrected chi connectivity index (χ2v) is 7.54. The number of hydrogen-bond acceptors (Lipinski definition) is 5. The van der Waals surface area contributed by atoms with Gasteiger partial charge in [0.15, 0.2) is 0 Å². The Morgan fingerprint density at radius 2 is 1.55 bits per heavy atom. The summed E-state index contributed by atoms with van der Waals surface area (Å²) < 4.78 is 19.0. The van der Waals surface area contributed by atoms with Crippen LogP contribution in [0, 0.1) is 5.82 Å². The normalized spacial score (nSPS) is 10.8. The monoisotopic (exact) mass is 415 g/mol. The lowest BCUT2D eigenvalue weighted by Crippen LogP contribution is -2.08. The number of rotatable bonds is 7. The number of halogens is 1. The van der Waals surface area contributed by atoms with Crippen LogP contribution in [0.3, 0.4) is 0 Å². The maximum atomic E-state index is 13.0. The van der Waals surface area contributed by atoms with E-state index < -0.39 is 0 Å². The molecule has 0 N–H and O–H groups in total. The molecule has 31 heavy (non-hydrogen) atoms. The van der Waals surface area contributed by atoms with E-state index in [4.69, 9.17) is 4.74 Å². The van der Waals surface area contributed by atoms with E-state index in [0.29, 0.717) is 18.1 Å². The van der Waals surface area contributed by atoms with Crippen molar-refractivity contribution in [2.75, 3.05) is 19.0 Å². The minimum Gasteiger partial charge on any atom is -0.438 e. The standard InChI is InChI=1S/C25H22FN3O2/c1-29(2)20-9-12-23-24(15-20)27-16-28-25(23)31-22-10-5-18(6-11-22)14-21(30)13-17-3-7-19(26)8-4-17/h3-12,15-16H,13-14H2,1-2H3. The van der Waals surface area contributed by atoms with E-state index in [1.807, 2.05) is 61.5 Å². The Hall–Kier alpha value is -3.80. The van der Waals surface area contributed by atoms with Crippen LogP contribution in [0.25, 0.3) is 10.9 Å². The van der Waals surface area contributed by atoms with Gasteiger partial charge in [-0.05, 0) is 53.6 Å². The quantitative estimate of drug-likeness (QED) is 0.426. The predicted octanol–water partition coefficient (Wildman–Crippen LogP) is 4.98. The summed E-state index contributed by atoms with van der Waals surface area (Å²) >= 11 is 0. The maximum absolute atomic E-state index is 13.0. The van der Waals surface area contributed by atoms with Crippen LogP contribution in [0.4, 0.5) is 10.1 Å². The zero-order chi connectivity index (χ0) is 21.8. The average molecular weight is 415 g/mol. The molecule has 0 radical (unpaired) electrons. The molecule has 1 aromatic heterocycles. The minimum atomic E-state index is -0.304. The van der Waals surface area contributed by atoms with Crippen molar-refractivity contribution < 1.29 is 13.9 Å². The van der Waals surface area contributed by atoms with Crippen LogP contribution in [0.1, 0.15) is 11.1 Å². The molecule has 4 aromatic rings. The summed E-state index contributed by atoms with van der Waals surface area (Å²) in [5.74, 6) is 0.877. The van der Waals surface area contributed by atoms with Gasteiger partial charge in [-0.25, -0.2) is 14.4 Å². The van der Waals surface area contributed by atoms with Crippen molar-refractivity contribution in [3.05, 3.63) is 90.0 Å². The molecule has 1 heterocycles. The molecule has 156 valence electrons. The van der Waals surface area contributed by atoms with E-state index in [-0.39, 0.29) is 18.0 Å². The van der Waals surface area contributed by atoms with E-state index in [1.54, 1.807) is 12.1 Å². The fraction of sp³-hybridized carbons (Fsp3) is 0.160. The highest BCUT2D eigenvalue weighted by atomic mass is 19.1. The smallest absolute Gasteiger partial charge is 0.230 e. The van der Waals surface area contributed by atoms with Gasteiger partial charge in [0, 0.05) is 32.6 Å². The molecule has 0 fully saturated rings. The Morgan fingerprint density at radius 1 is 0.903 bits per heavy atom. The van der Waals surface area contributed by atoms with Crippen molar-refractivity contribution >= 4 is 22.4 Å². The number of hydrogen-bond donors (Lipinski definition) is 0. The van der Waals surface area contributed by atoms with Crippen molar-refractivity contribution in [1.82, 2.24) is 9.97 Å². The molecule has 0 bridgehead atoms. The number of ether oxygens (including phenoxy) is 1. The summed E-state index contributed by atoms with van der Waals surface area (Å²) in [7, 11) is 3.96. The lowest BCUT2D eigenvalue weighted by atomic mass is 10.0. The highest BCUT2D eigenvalue weighted by Crippen LogP contribution is 2.29. The zero-order valence-electron chi connectivity index (χ0n) is 17.4. The molecule has 0 saturated carbocycles. The van der Waals surface area contributed by atoms with Crippen LogP contribution in [0.5, 0.6) is 11.6 Å². The number of Topliss-reactive ketones (excluding diaryl/α,β-unsaturated/α-hetero) is 1.